The highest BCUT2D eigenvalue weighted by Gasteiger charge is 2.36. The molecule has 0 saturated heterocycles. The van der Waals surface area contributed by atoms with Crippen LogP contribution in [-0.4, -0.2) is 10.9 Å². The monoisotopic (exact) mass is 447 g/mol. The van der Waals surface area contributed by atoms with Gasteiger partial charge in [0, 0.05) is 25.9 Å². The molecule has 0 aliphatic heterocycles. The predicted molar refractivity (Wildman–Crippen MR) is 133 cm³/mol. The van der Waals surface area contributed by atoms with Gasteiger partial charge in [0.05, 0.1) is 0 Å². The molecule has 4 rings (SSSR count). The van der Waals surface area contributed by atoms with Crippen LogP contribution in [0.2, 0.25) is 0 Å². The number of aromatic nitrogens is 1. The van der Waals surface area contributed by atoms with Crippen LogP contribution in [0, 0.1) is 5.41 Å². The van der Waals surface area contributed by atoms with Crippen LogP contribution < -0.4 is 11.1 Å². The second kappa shape index (κ2) is 9.68. The number of carbonyl (C=O) groups excluding carboxylic acids is 1. The zero-order valence-electron chi connectivity index (χ0n) is 20.2. The topological polar surface area (TPSA) is 81.2 Å². The van der Waals surface area contributed by atoms with E-state index in [1.807, 2.05) is 24.3 Å². The third-order valence-corrected chi connectivity index (χ3v) is 6.99. The molecule has 176 valence electrons. The zero-order chi connectivity index (χ0) is 23.5. The highest BCUT2D eigenvalue weighted by atomic mass is 16.3. The second-order valence-corrected chi connectivity index (χ2v) is 10.8. The summed E-state index contributed by atoms with van der Waals surface area (Å²) >= 11 is 0. The molecule has 0 bridgehead atoms. The van der Waals surface area contributed by atoms with Crippen molar-refractivity contribution < 1.29 is 9.21 Å². The van der Waals surface area contributed by atoms with E-state index in [0.29, 0.717) is 25.9 Å². The Morgan fingerprint density at radius 1 is 1.09 bits per heavy atom. The molecule has 1 saturated carbocycles. The molecule has 1 aliphatic carbocycles. The Labute approximate surface area is 197 Å². The van der Waals surface area contributed by atoms with Gasteiger partial charge in [0.15, 0.2) is 11.5 Å². The normalized spacial score (nSPS) is 16.1. The van der Waals surface area contributed by atoms with E-state index in [1.54, 1.807) is 0 Å². The average molecular weight is 448 g/mol. The Kier molecular flexibility index (Phi) is 6.89. The summed E-state index contributed by atoms with van der Waals surface area (Å²) < 4.78 is 6.15. The van der Waals surface area contributed by atoms with Crippen LogP contribution >= 0.6 is 0 Å². The second-order valence-electron chi connectivity index (χ2n) is 10.8. The average Bonchev–Trinajstić information content (AvgIpc) is 3.19. The lowest BCUT2D eigenvalue weighted by atomic mass is 9.69. The fraction of sp³-hybridized carbons (Fsp3) is 0.500. The number of hydrogen-bond acceptors (Lipinski definition) is 4. The molecule has 0 spiro atoms. The fourth-order valence-corrected chi connectivity index (χ4v) is 5.03. The molecule has 0 unspecified atom stereocenters. The van der Waals surface area contributed by atoms with Crippen molar-refractivity contribution in [3.8, 4) is 0 Å². The maximum atomic E-state index is 13.0. The van der Waals surface area contributed by atoms with E-state index in [9.17, 15) is 4.79 Å². The molecule has 5 nitrogen and oxygen atoms in total. The van der Waals surface area contributed by atoms with Crippen LogP contribution in [0.1, 0.15) is 81.9 Å². The smallest absolute Gasteiger partial charge is 0.220 e. The summed E-state index contributed by atoms with van der Waals surface area (Å²) in [6.45, 7) is 7.65. The van der Waals surface area contributed by atoms with E-state index in [1.165, 1.54) is 12.0 Å². The largest absolute Gasteiger partial charge is 0.441 e. The summed E-state index contributed by atoms with van der Waals surface area (Å²) in [5, 5.41) is 3.13. The van der Waals surface area contributed by atoms with Gasteiger partial charge in [0.2, 0.25) is 5.91 Å². The van der Waals surface area contributed by atoms with E-state index in [2.05, 4.69) is 44.3 Å². The SMILES string of the molecule is CC(C)(C)c1ccc2oc(CC3(CC(=O)NCc4cccc(CN)c4)CCCCC3)nc2c1. The molecular weight excluding hydrogens is 410 g/mol. The van der Waals surface area contributed by atoms with Crippen molar-refractivity contribution in [2.24, 2.45) is 11.1 Å². The van der Waals surface area contributed by atoms with Gasteiger partial charge in [-0.1, -0.05) is 70.4 Å². The number of carbonyl (C=O) groups is 1. The number of hydrogen-bond donors (Lipinski definition) is 2. The number of benzene rings is 2. The Hall–Kier alpha value is -2.66. The molecule has 1 amide bonds. The van der Waals surface area contributed by atoms with Gasteiger partial charge >= 0.3 is 0 Å². The van der Waals surface area contributed by atoms with E-state index >= 15 is 0 Å². The number of fused-ring (bicyclic) bond motifs is 1. The minimum absolute atomic E-state index is 0.0691. The molecule has 1 aliphatic rings. The van der Waals surface area contributed by atoms with Gasteiger partial charge in [-0.15, -0.1) is 0 Å². The molecular formula is C28H37N3O2. The summed E-state index contributed by atoms with van der Waals surface area (Å²) in [5.74, 6) is 0.850. The summed E-state index contributed by atoms with van der Waals surface area (Å²) in [4.78, 5) is 17.8. The molecule has 0 radical (unpaired) electrons. The minimum atomic E-state index is -0.0881. The maximum absolute atomic E-state index is 13.0. The number of nitrogens with one attached hydrogen (secondary N) is 1. The quantitative estimate of drug-likeness (QED) is 0.481. The lowest BCUT2D eigenvalue weighted by molar-refractivity contribution is -0.124. The maximum Gasteiger partial charge on any atom is 0.220 e. The summed E-state index contributed by atoms with van der Waals surface area (Å²) in [6.07, 6.45) is 6.83. The summed E-state index contributed by atoms with van der Waals surface area (Å²) in [6, 6.07) is 14.4. The van der Waals surface area contributed by atoms with Crippen molar-refractivity contribution in [3.05, 3.63) is 65.0 Å². The van der Waals surface area contributed by atoms with Crippen LogP contribution in [0.15, 0.2) is 46.9 Å². The van der Waals surface area contributed by atoms with Crippen LogP contribution in [0.25, 0.3) is 11.1 Å². The van der Waals surface area contributed by atoms with Crippen molar-refractivity contribution in [2.45, 2.75) is 84.2 Å². The highest BCUT2D eigenvalue weighted by Crippen LogP contribution is 2.42. The van der Waals surface area contributed by atoms with Crippen molar-refractivity contribution in [3.63, 3.8) is 0 Å². The predicted octanol–water partition coefficient (Wildman–Crippen LogP) is 5.78. The molecule has 0 atom stereocenters. The fourth-order valence-electron chi connectivity index (χ4n) is 5.03. The Morgan fingerprint density at radius 2 is 1.85 bits per heavy atom. The summed E-state index contributed by atoms with van der Waals surface area (Å²) in [7, 11) is 0. The molecule has 2 aromatic carbocycles. The molecule has 3 aromatic rings. The zero-order valence-corrected chi connectivity index (χ0v) is 20.2. The Bertz CT molecular complexity index is 1100. The minimum Gasteiger partial charge on any atom is -0.441 e. The molecule has 3 N–H and O–H groups in total. The lowest BCUT2D eigenvalue weighted by Crippen LogP contribution is -2.35. The van der Waals surface area contributed by atoms with E-state index < -0.39 is 0 Å². The molecule has 1 aromatic heterocycles. The van der Waals surface area contributed by atoms with E-state index in [-0.39, 0.29) is 16.7 Å². The van der Waals surface area contributed by atoms with Crippen molar-refractivity contribution in [1.82, 2.24) is 10.3 Å². The van der Waals surface area contributed by atoms with Gasteiger partial charge in [0.1, 0.15) is 5.52 Å². The molecule has 1 heterocycles. The standard InChI is InChI=1S/C28H37N3O2/c1-27(2,3)22-10-11-24-23(15-22)31-26(33-24)17-28(12-5-4-6-13-28)16-25(32)30-19-21-9-7-8-20(14-21)18-29/h7-11,14-15H,4-6,12-13,16-19,29H2,1-3H3,(H,30,32). The van der Waals surface area contributed by atoms with Gasteiger partial charge in [-0.05, 0) is 52.5 Å². The number of rotatable bonds is 7. The van der Waals surface area contributed by atoms with Crippen LogP contribution in [0.4, 0.5) is 0 Å². The Morgan fingerprint density at radius 3 is 2.58 bits per heavy atom. The van der Waals surface area contributed by atoms with Crippen LogP contribution in [-0.2, 0) is 29.7 Å². The number of nitrogens with two attached hydrogens (primary N) is 1. The van der Waals surface area contributed by atoms with Gasteiger partial charge in [-0.25, -0.2) is 4.98 Å². The first-order valence-corrected chi connectivity index (χ1v) is 12.2. The van der Waals surface area contributed by atoms with Crippen LogP contribution in [0.5, 0.6) is 0 Å². The molecule has 33 heavy (non-hydrogen) atoms. The van der Waals surface area contributed by atoms with Crippen molar-refractivity contribution in [1.29, 1.82) is 0 Å². The van der Waals surface area contributed by atoms with Gasteiger partial charge in [-0.3, -0.25) is 4.79 Å². The van der Waals surface area contributed by atoms with Gasteiger partial charge in [-0.2, -0.15) is 0 Å². The number of amides is 1. The van der Waals surface area contributed by atoms with E-state index in [4.69, 9.17) is 15.1 Å². The lowest BCUT2D eigenvalue weighted by Gasteiger charge is -2.36. The molecule has 1 fully saturated rings. The first-order valence-electron chi connectivity index (χ1n) is 12.2. The van der Waals surface area contributed by atoms with Gasteiger partial charge < -0.3 is 15.5 Å². The van der Waals surface area contributed by atoms with Crippen LogP contribution in [0.3, 0.4) is 0 Å². The first-order chi connectivity index (χ1) is 15.8. The van der Waals surface area contributed by atoms with Crippen molar-refractivity contribution >= 4 is 17.0 Å². The van der Waals surface area contributed by atoms with Gasteiger partial charge in [0.25, 0.3) is 0 Å². The summed E-state index contributed by atoms with van der Waals surface area (Å²) in [5.41, 5.74) is 10.9. The molecule has 5 heteroatoms. The number of nitrogens with zero attached hydrogens (tertiary/aromatic N) is 1. The Balaban J connectivity index is 1.47. The van der Waals surface area contributed by atoms with Crippen molar-refractivity contribution in [2.75, 3.05) is 0 Å². The number of oxazole rings is 1. The highest BCUT2D eigenvalue weighted by molar-refractivity contribution is 5.77. The third kappa shape index (κ3) is 5.83. The first kappa shape index (κ1) is 23.5. The third-order valence-electron chi connectivity index (χ3n) is 6.99. The van der Waals surface area contributed by atoms with E-state index in [0.717, 1.165) is 53.8 Å².